The van der Waals surface area contributed by atoms with Crippen LogP contribution in [0.2, 0.25) is 0 Å². The number of nitrogens with zero attached hydrogens (tertiary/aromatic N) is 1. The maximum atomic E-state index is 12.7. The number of hydrogen-bond donors (Lipinski definition) is 0. The fourth-order valence-corrected chi connectivity index (χ4v) is 6.51. The Balaban J connectivity index is 1.14. The lowest BCUT2D eigenvalue weighted by molar-refractivity contribution is -0.182. The van der Waals surface area contributed by atoms with Crippen LogP contribution in [0.5, 0.6) is 0 Å². The summed E-state index contributed by atoms with van der Waals surface area (Å²) in [6.45, 7) is 2.12. The van der Waals surface area contributed by atoms with E-state index in [0.29, 0.717) is 36.1 Å². The summed E-state index contributed by atoms with van der Waals surface area (Å²) in [7, 11) is 0. The highest BCUT2D eigenvalue weighted by atomic mass is 16.6. The SMILES string of the molecule is CC(=C=CCCCN1C(=O)c2ccccc2C1=O)C(=O)OC12CC3CC(CC(C3)C1)C2. The second-order valence-electron chi connectivity index (χ2n) is 9.91. The minimum absolute atomic E-state index is 0.226. The summed E-state index contributed by atoms with van der Waals surface area (Å²) in [5.41, 5.74) is 4.28. The first-order valence-corrected chi connectivity index (χ1v) is 11.5. The Morgan fingerprint density at radius 1 is 1.06 bits per heavy atom. The molecule has 0 radical (unpaired) electrons. The number of imide groups is 1. The van der Waals surface area contributed by atoms with Crippen molar-refractivity contribution in [2.75, 3.05) is 6.54 Å². The van der Waals surface area contributed by atoms with Crippen LogP contribution in [-0.4, -0.2) is 34.8 Å². The summed E-state index contributed by atoms with van der Waals surface area (Å²) >= 11 is 0. The van der Waals surface area contributed by atoms with Gasteiger partial charge < -0.3 is 4.74 Å². The van der Waals surface area contributed by atoms with Gasteiger partial charge in [-0.05, 0) is 94.3 Å². The van der Waals surface area contributed by atoms with Gasteiger partial charge in [0.05, 0.1) is 16.7 Å². The van der Waals surface area contributed by atoms with Gasteiger partial charge in [-0.2, -0.15) is 0 Å². The van der Waals surface area contributed by atoms with Gasteiger partial charge in [0.2, 0.25) is 0 Å². The van der Waals surface area contributed by atoms with E-state index in [1.54, 1.807) is 31.2 Å². The van der Waals surface area contributed by atoms with Crippen molar-refractivity contribution in [3.05, 3.63) is 52.8 Å². The van der Waals surface area contributed by atoms with Crippen molar-refractivity contribution in [3.63, 3.8) is 0 Å². The number of carbonyl (C=O) groups is 3. The van der Waals surface area contributed by atoms with Crippen molar-refractivity contribution in [2.24, 2.45) is 17.8 Å². The highest BCUT2D eigenvalue weighted by Crippen LogP contribution is 2.57. The van der Waals surface area contributed by atoms with Gasteiger partial charge in [0, 0.05) is 6.54 Å². The van der Waals surface area contributed by atoms with Gasteiger partial charge >= 0.3 is 5.97 Å². The van der Waals surface area contributed by atoms with E-state index in [1.165, 1.54) is 24.2 Å². The number of fused-ring (bicyclic) bond motifs is 1. The van der Waals surface area contributed by atoms with Gasteiger partial charge in [-0.25, -0.2) is 4.79 Å². The Bertz CT molecular complexity index is 930. The summed E-state index contributed by atoms with van der Waals surface area (Å²) < 4.78 is 6.06. The van der Waals surface area contributed by atoms with Crippen molar-refractivity contribution >= 4 is 17.8 Å². The van der Waals surface area contributed by atoms with Crippen LogP contribution in [-0.2, 0) is 9.53 Å². The van der Waals surface area contributed by atoms with Crippen molar-refractivity contribution in [1.82, 2.24) is 4.90 Å². The molecular weight excluding hydrogens is 390 g/mol. The molecule has 0 atom stereocenters. The Hall–Kier alpha value is -2.65. The predicted octanol–water partition coefficient (Wildman–Crippen LogP) is 4.68. The summed E-state index contributed by atoms with van der Waals surface area (Å²) in [5.74, 6) is 1.51. The molecule has 4 bridgehead atoms. The van der Waals surface area contributed by atoms with Crippen molar-refractivity contribution < 1.29 is 19.1 Å². The Morgan fingerprint density at radius 3 is 2.16 bits per heavy atom. The van der Waals surface area contributed by atoms with E-state index in [2.05, 4.69) is 5.73 Å². The topological polar surface area (TPSA) is 63.7 Å². The number of esters is 1. The molecular formula is C26H29NO4. The molecule has 0 saturated heterocycles. The predicted molar refractivity (Wildman–Crippen MR) is 115 cm³/mol. The molecule has 6 rings (SSSR count). The van der Waals surface area contributed by atoms with Gasteiger partial charge in [0.1, 0.15) is 5.60 Å². The molecule has 1 heterocycles. The van der Waals surface area contributed by atoms with Crippen LogP contribution in [0.15, 0.2) is 41.6 Å². The summed E-state index contributed by atoms with van der Waals surface area (Å²) in [6, 6.07) is 6.92. The van der Waals surface area contributed by atoms with E-state index in [0.717, 1.165) is 37.0 Å². The average Bonchev–Trinajstić information content (AvgIpc) is 2.97. The first-order valence-electron chi connectivity index (χ1n) is 11.5. The second kappa shape index (κ2) is 7.80. The molecule has 5 heteroatoms. The third-order valence-electron chi connectivity index (χ3n) is 7.52. The molecule has 162 valence electrons. The van der Waals surface area contributed by atoms with Crippen LogP contribution in [0.4, 0.5) is 0 Å². The molecule has 4 fully saturated rings. The molecule has 4 saturated carbocycles. The number of ether oxygens (including phenoxy) is 1. The van der Waals surface area contributed by atoms with Crippen LogP contribution in [0.1, 0.15) is 79.0 Å². The van der Waals surface area contributed by atoms with Crippen LogP contribution in [0.25, 0.3) is 0 Å². The largest absolute Gasteiger partial charge is 0.455 e. The third kappa shape index (κ3) is 3.76. The lowest BCUT2D eigenvalue weighted by Crippen LogP contribution is -2.52. The lowest BCUT2D eigenvalue weighted by atomic mass is 9.54. The van der Waals surface area contributed by atoms with Crippen molar-refractivity contribution in [2.45, 2.75) is 63.9 Å². The second-order valence-corrected chi connectivity index (χ2v) is 9.91. The highest BCUT2D eigenvalue weighted by molar-refractivity contribution is 6.21. The molecule has 0 spiro atoms. The summed E-state index contributed by atoms with van der Waals surface area (Å²) in [4.78, 5) is 38.7. The number of rotatable bonds is 6. The van der Waals surface area contributed by atoms with E-state index < -0.39 is 0 Å². The molecule has 5 nitrogen and oxygen atoms in total. The van der Waals surface area contributed by atoms with E-state index in [4.69, 9.17) is 4.74 Å². The molecule has 0 unspecified atom stereocenters. The summed E-state index contributed by atoms with van der Waals surface area (Å²) in [5, 5.41) is 0. The molecule has 5 aliphatic rings. The normalized spacial score (nSPS) is 30.2. The van der Waals surface area contributed by atoms with Crippen LogP contribution in [0, 0.1) is 17.8 Å². The fourth-order valence-electron chi connectivity index (χ4n) is 6.51. The Morgan fingerprint density at radius 2 is 1.61 bits per heavy atom. The zero-order chi connectivity index (χ0) is 21.6. The van der Waals surface area contributed by atoms with Gasteiger partial charge in [-0.1, -0.05) is 12.1 Å². The number of unbranched alkanes of at least 4 members (excludes halogenated alkanes) is 1. The third-order valence-corrected chi connectivity index (χ3v) is 7.52. The minimum Gasteiger partial charge on any atom is -0.455 e. The molecule has 0 aromatic heterocycles. The van der Waals surface area contributed by atoms with Gasteiger partial charge in [-0.3, -0.25) is 14.5 Å². The summed E-state index contributed by atoms with van der Waals surface area (Å²) in [6.07, 6.45) is 10.1. The molecule has 1 aliphatic heterocycles. The minimum atomic E-state index is -0.251. The van der Waals surface area contributed by atoms with Crippen LogP contribution in [0.3, 0.4) is 0 Å². The van der Waals surface area contributed by atoms with E-state index in [1.807, 2.05) is 6.08 Å². The molecule has 0 N–H and O–H groups in total. The number of hydrogen-bond acceptors (Lipinski definition) is 4. The maximum Gasteiger partial charge on any atom is 0.342 e. The molecule has 2 amide bonds. The van der Waals surface area contributed by atoms with E-state index >= 15 is 0 Å². The fraction of sp³-hybridized carbons (Fsp3) is 0.538. The van der Waals surface area contributed by atoms with Gasteiger partial charge in [-0.15, -0.1) is 5.73 Å². The zero-order valence-electron chi connectivity index (χ0n) is 18.1. The highest BCUT2D eigenvalue weighted by Gasteiger charge is 2.53. The quantitative estimate of drug-likeness (QED) is 0.221. The molecule has 4 aliphatic carbocycles. The Kier molecular flexibility index (Phi) is 5.10. The first-order chi connectivity index (χ1) is 14.9. The monoisotopic (exact) mass is 419 g/mol. The number of carbonyl (C=O) groups excluding carboxylic acids is 3. The average molecular weight is 420 g/mol. The van der Waals surface area contributed by atoms with Crippen LogP contribution < -0.4 is 0 Å². The van der Waals surface area contributed by atoms with E-state index in [9.17, 15) is 14.4 Å². The maximum absolute atomic E-state index is 12.7. The van der Waals surface area contributed by atoms with E-state index in [-0.39, 0.29) is 23.4 Å². The van der Waals surface area contributed by atoms with Crippen molar-refractivity contribution in [1.29, 1.82) is 0 Å². The molecule has 31 heavy (non-hydrogen) atoms. The standard InChI is InChI=1S/C26H29NO4/c1-17(25(30)31-26-14-18-11-19(15-26)13-20(12-18)16-26)7-3-2-6-10-27-23(28)21-8-4-5-9-22(21)24(27)29/h3-5,8-9,18-20H,2,6,10-16H2,1H3. The van der Waals surface area contributed by atoms with Gasteiger partial charge in [0.15, 0.2) is 0 Å². The molecule has 1 aromatic carbocycles. The molecule has 1 aromatic rings. The smallest absolute Gasteiger partial charge is 0.342 e. The van der Waals surface area contributed by atoms with Crippen molar-refractivity contribution in [3.8, 4) is 0 Å². The number of amides is 2. The first kappa shape index (κ1) is 20.3. The Labute approximate surface area is 183 Å². The zero-order valence-corrected chi connectivity index (χ0v) is 18.1. The van der Waals surface area contributed by atoms with Gasteiger partial charge in [0.25, 0.3) is 11.8 Å². The number of benzene rings is 1. The van der Waals surface area contributed by atoms with Crippen LogP contribution >= 0.6 is 0 Å². The lowest BCUT2D eigenvalue weighted by Gasteiger charge is -2.55.